The van der Waals surface area contributed by atoms with Crippen LogP contribution in [0, 0.1) is 17.8 Å². The Morgan fingerprint density at radius 2 is 1.58 bits per heavy atom. The molecule has 0 radical (unpaired) electrons. The van der Waals surface area contributed by atoms with Crippen LogP contribution in [0.3, 0.4) is 0 Å². The van der Waals surface area contributed by atoms with Crippen molar-refractivity contribution in [2.24, 2.45) is 17.8 Å². The average molecular weight is 406 g/mol. The van der Waals surface area contributed by atoms with Gasteiger partial charge in [-0.3, -0.25) is 0 Å². The fourth-order valence-corrected chi connectivity index (χ4v) is 20.1. The summed E-state index contributed by atoms with van der Waals surface area (Å²) in [5.74, 6) is 3.06. The molecular formula is C23H39NSiTi. The van der Waals surface area contributed by atoms with E-state index in [1.165, 1.54) is 44.1 Å². The fraction of sp³-hybridized carbons (Fsp3) is 0.783. The molecule has 4 fully saturated rings. The topological polar surface area (TPSA) is 12.0 Å². The van der Waals surface area contributed by atoms with E-state index < -0.39 is 16.8 Å². The van der Waals surface area contributed by atoms with Gasteiger partial charge < -0.3 is 0 Å². The van der Waals surface area contributed by atoms with Crippen molar-refractivity contribution in [2.75, 3.05) is 0 Å². The Labute approximate surface area is 168 Å². The van der Waals surface area contributed by atoms with Crippen LogP contribution >= 0.6 is 0 Å². The van der Waals surface area contributed by atoms with Crippen LogP contribution in [0.2, 0.25) is 7.94 Å². The summed E-state index contributed by atoms with van der Waals surface area (Å²) in [4.78, 5) is 0. The molecule has 0 amide bonds. The van der Waals surface area contributed by atoms with Crippen molar-refractivity contribution in [2.45, 2.75) is 93.5 Å². The fourth-order valence-electron chi connectivity index (χ4n) is 7.84. The van der Waals surface area contributed by atoms with Crippen molar-refractivity contribution in [3.05, 3.63) is 22.8 Å². The monoisotopic (exact) mass is 405 g/mol. The molecule has 5 aliphatic carbocycles. The Morgan fingerprint density at radius 3 is 1.92 bits per heavy atom. The van der Waals surface area contributed by atoms with Crippen molar-refractivity contribution in [1.82, 2.24) is 3.80 Å². The molecule has 4 saturated carbocycles. The summed E-state index contributed by atoms with van der Waals surface area (Å²) in [7, 11) is 2.16. The maximum atomic E-state index is 4.64. The predicted molar refractivity (Wildman–Crippen MR) is 114 cm³/mol. The van der Waals surface area contributed by atoms with Gasteiger partial charge in [0, 0.05) is 0 Å². The first-order chi connectivity index (χ1) is 12.1. The first-order valence-electron chi connectivity index (χ1n) is 11.0. The molecule has 2 atom stereocenters. The maximum absolute atomic E-state index is 4.64. The third-order valence-electron chi connectivity index (χ3n) is 9.04. The third kappa shape index (κ3) is 2.65. The van der Waals surface area contributed by atoms with Crippen molar-refractivity contribution in [3.8, 4) is 0 Å². The summed E-state index contributed by atoms with van der Waals surface area (Å²) < 4.78 is 8.41. The van der Waals surface area contributed by atoms with E-state index in [9.17, 15) is 0 Å². The van der Waals surface area contributed by atoms with Crippen LogP contribution in [0.1, 0.15) is 80.1 Å². The molecule has 0 spiro atoms. The molecule has 2 unspecified atom stereocenters. The van der Waals surface area contributed by atoms with E-state index >= 15 is 0 Å². The Hall–Kier alpha value is 0.241. The molecule has 26 heavy (non-hydrogen) atoms. The van der Waals surface area contributed by atoms with Crippen LogP contribution in [0.15, 0.2) is 22.8 Å². The molecule has 0 heterocycles. The normalized spacial score (nSPS) is 43.8. The number of allylic oxidation sites excluding steroid dienone is 4. The first kappa shape index (κ1) is 19.6. The van der Waals surface area contributed by atoms with Crippen molar-refractivity contribution in [1.29, 1.82) is 0 Å². The van der Waals surface area contributed by atoms with Crippen molar-refractivity contribution in [3.63, 3.8) is 0 Å². The standard InChI is InChI=1S/C10H16N.C9H13.C3H7.CH3Si.Ti/c11-10-4-7-1-8(5-10)3-9(2-7)6-10;1-6-5-7(2)9(4)8(6)3;1-3-2;1-2;/h7-9,11H,1-6H2;5H,1-4H3;3H,1-2H3;1H,2H2;/q-1;;;;+1. The molecule has 0 saturated heterocycles. The molecule has 1 N–H and O–H groups in total. The van der Waals surface area contributed by atoms with Gasteiger partial charge in [0.15, 0.2) is 0 Å². The van der Waals surface area contributed by atoms with E-state index in [4.69, 9.17) is 0 Å². The minimum atomic E-state index is -2.54. The zero-order chi connectivity index (χ0) is 18.9. The van der Waals surface area contributed by atoms with E-state index in [0.29, 0.717) is 5.54 Å². The summed E-state index contributed by atoms with van der Waals surface area (Å²) in [6, 6.07) is 0. The Kier molecular flexibility index (Phi) is 4.79. The molecule has 0 aromatic rings. The van der Waals surface area contributed by atoms with Gasteiger partial charge >= 0.3 is 169 Å². The van der Waals surface area contributed by atoms with Crippen LogP contribution in [0.4, 0.5) is 0 Å². The summed E-state index contributed by atoms with van der Waals surface area (Å²) in [6.07, 6.45) is 11.7. The van der Waals surface area contributed by atoms with Gasteiger partial charge in [-0.1, -0.05) is 0 Å². The Bertz CT molecular complexity index is 655. The summed E-state index contributed by atoms with van der Waals surface area (Å²) in [6.45, 7) is 14.7. The molecule has 5 aliphatic rings. The van der Waals surface area contributed by atoms with Crippen molar-refractivity contribution < 1.29 is 16.8 Å². The van der Waals surface area contributed by atoms with E-state index in [0.717, 1.165) is 22.0 Å². The van der Waals surface area contributed by atoms with E-state index in [1.54, 1.807) is 11.1 Å². The zero-order valence-corrected chi connectivity index (χ0v) is 20.9. The number of hydrogen-bond acceptors (Lipinski definition) is 1. The molecule has 1 nitrogen and oxygen atoms in total. The van der Waals surface area contributed by atoms with Crippen molar-refractivity contribution >= 4 is 13.8 Å². The Balaban J connectivity index is 1.76. The van der Waals surface area contributed by atoms with Gasteiger partial charge in [-0.25, -0.2) is 0 Å². The molecule has 5 rings (SSSR count). The molecule has 0 aromatic carbocycles. The molecular weight excluding hydrogens is 366 g/mol. The second-order valence-corrected chi connectivity index (χ2v) is 19.7. The second-order valence-electron chi connectivity index (χ2n) is 10.8. The van der Waals surface area contributed by atoms with Gasteiger partial charge in [0.2, 0.25) is 0 Å². The van der Waals surface area contributed by atoms with Crippen LogP contribution in [0.25, 0.3) is 0 Å². The molecule has 4 bridgehead atoms. The molecule has 0 aliphatic heterocycles. The summed E-state index contributed by atoms with van der Waals surface area (Å²) in [5.41, 5.74) is 5.21. The van der Waals surface area contributed by atoms with Crippen LogP contribution in [0.5, 0.6) is 0 Å². The quantitative estimate of drug-likeness (QED) is 0.611. The first-order valence-corrected chi connectivity index (χ1v) is 15.1. The zero-order valence-electron chi connectivity index (χ0n) is 17.9. The number of nitrogens with one attached hydrogen (secondary N) is 1. The van der Waals surface area contributed by atoms with Gasteiger partial charge in [-0.2, -0.15) is 0 Å². The van der Waals surface area contributed by atoms with E-state index in [1.807, 2.05) is 0 Å². The molecule has 144 valence electrons. The van der Waals surface area contributed by atoms with E-state index in [2.05, 4.69) is 65.2 Å². The molecule has 0 aromatic heterocycles. The van der Waals surface area contributed by atoms with Crippen LogP contribution in [-0.2, 0) is 16.8 Å². The van der Waals surface area contributed by atoms with Gasteiger partial charge in [0.25, 0.3) is 0 Å². The minimum absolute atomic E-state index is 0.271. The third-order valence-corrected chi connectivity index (χ3v) is 20.5. The van der Waals surface area contributed by atoms with Gasteiger partial charge in [0.1, 0.15) is 0 Å². The SMILES string of the molecule is CC1=C[C](C)([Ti]([CH]=[SiH2])([NH]C23CC4CC(CC(C4)C2)C3)[CH](C)C)C(C)=C1C. The number of rotatable bonds is 5. The predicted octanol–water partition coefficient (Wildman–Crippen LogP) is 5.31. The van der Waals surface area contributed by atoms with Crippen LogP contribution in [-0.4, -0.2) is 19.4 Å². The van der Waals surface area contributed by atoms with E-state index in [-0.39, 0.29) is 3.72 Å². The number of hydrogen-bond donors (Lipinski definition) is 1. The van der Waals surface area contributed by atoms with Gasteiger partial charge in [-0.05, 0) is 0 Å². The second kappa shape index (κ2) is 6.37. The summed E-state index contributed by atoms with van der Waals surface area (Å²) >= 11 is -2.54. The summed E-state index contributed by atoms with van der Waals surface area (Å²) in [5, 5.41) is 0. The van der Waals surface area contributed by atoms with Gasteiger partial charge in [-0.15, -0.1) is 0 Å². The molecule has 3 heteroatoms. The van der Waals surface area contributed by atoms with Crippen LogP contribution < -0.4 is 3.80 Å². The van der Waals surface area contributed by atoms with Gasteiger partial charge in [0.05, 0.1) is 0 Å². The Morgan fingerprint density at radius 1 is 1.08 bits per heavy atom. The average Bonchev–Trinajstić information content (AvgIpc) is 2.75.